The van der Waals surface area contributed by atoms with Crippen molar-refractivity contribution in [2.24, 2.45) is 0 Å². The minimum atomic E-state index is -2.87. The molecule has 0 fully saturated rings. The fourth-order valence-electron chi connectivity index (χ4n) is 1.16. The summed E-state index contributed by atoms with van der Waals surface area (Å²) in [7, 11) is 0. The van der Waals surface area contributed by atoms with E-state index in [-0.39, 0.29) is 0 Å². The zero-order chi connectivity index (χ0) is 11.5. The summed E-state index contributed by atoms with van der Waals surface area (Å²) in [6.07, 6.45) is 3.77. The Bertz CT molecular complexity index is 352. The van der Waals surface area contributed by atoms with Crippen molar-refractivity contribution in [2.75, 3.05) is 6.61 Å². The first-order valence-electron chi connectivity index (χ1n) is 4.36. The quantitative estimate of drug-likeness (QED) is 0.438. The van der Waals surface area contributed by atoms with Gasteiger partial charge in [0.05, 0.1) is 0 Å². The Kier molecular flexibility index (Phi) is 3.44. The van der Waals surface area contributed by atoms with Gasteiger partial charge < -0.3 is 20.1 Å². The van der Waals surface area contributed by atoms with Gasteiger partial charge in [0.25, 0.3) is 0 Å². The van der Waals surface area contributed by atoms with E-state index in [1.165, 1.54) is 0 Å². The second-order valence-corrected chi connectivity index (χ2v) is 3.24. The predicted molar refractivity (Wildman–Crippen MR) is 51.0 cm³/mol. The first kappa shape index (κ1) is 11.7. The number of rotatable bonds is 3. The molecule has 3 N–H and O–H groups in total. The third kappa shape index (κ3) is 3.34. The standard InChI is InChI=1S/C10H12O5/c1-7-8(5-11)3-2-4-9(7)15-6-10(12,13)14/h2,4,12-14H,3,6H2,1H3. The van der Waals surface area contributed by atoms with Crippen LogP contribution >= 0.6 is 0 Å². The number of ether oxygens (including phenoxy) is 1. The molecule has 0 aliphatic heterocycles. The van der Waals surface area contributed by atoms with Crippen molar-refractivity contribution in [1.82, 2.24) is 0 Å². The van der Waals surface area contributed by atoms with E-state index in [4.69, 9.17) is 20.1 Å². The van der Waals surface area contributed by atoms with E-state index in [0.29, 0.717) is 23.3 Å². The maximum atomic E-state index is 10.5. The highest BCUT2D eigenvalue weighted by atomic mass is 16.7. The fraction of sp³-hybridized carbons (Fsp3) is 0.400. The van der Waals surface area contributed by atoms with Crippen molar-refractivity contribution in [3.63, 3.8) is 0 Å². The largest absolute Gasteiger partial charge is 0.485 e. The Morgan fingerprint density at radius 3 is 2.73 bits per heavy atom. The van der Waals surface area contributed by atoms with Crippen LogP contribution in [0.4, 0.5) is 0 Å². The average Bonchev–Trinajstić information content (AvgIpc) is 2.15. The van der Waals surface area contributed by atoms with Gasteiger partial charge in [0.2, 0.25) is 0 Å². The first-order chi connectivity index (χ1) is 6.94. The summed E-state index contributed by atoms with van der Waals surface area (Å²) in [6.45, 7) is 0.975. The van der Waals surface area contributed by atoms with Crippen LogP contribution in [0.1, 0.15) is 13.3 Å². The highest BCUT2D eigenvalue weighted by Crippen LogP contribution is 2.23. The minimum Gasteiger partial charge on any atom is -0.485 e. The summed E-state index contributed by atoms with van der Waals surface area (Å²) >= 11 is 0. The zero-order valence-corrected chi connectivity index (χ0v) is 8.23. The van der Waals surface area contributed by atoms with Crippen molar-refractivity contribution >= 4 is 5.94 Å². The highest BCUT2D eigenvalue weighted by molar-refractivity contribution is 5.63. The topological polar surface area (TPSA) is 87.0 Å². The van der Waals surface area contributed by atoms with E-state index in [2.05, 4.69) is 0 Å². The van der Waals surface area contributed by atoms with Crippen LogP contribution in [0.5, 0.6) is 0 Å². The van der Waals surface area contributed by atoms with Gasteiger partial charge in [-0.25, -0.2) is 4.79 Å². The van der Waals surface area contributed by atoms with E-state index in [1.54, 1.807) is 25.0 Å². The Labute approximate surface area is 86.6 Å². The molecule has 0 heterocycles. The monoisotopic (exact) mass is 212 g/mol. The molecular formula is C10H12O5. The molecule has 1 aliphatic rings. The van der Waals surface area contributed by atoms with Crippen LogP contribution in [0.15, 0.2) is 29.1 Å². The lowest BCUT2D eigenvalue weighted by atomic mass is 10.00. The molecule has 5 nitrogen and oxygen atoms in total. The van der Waals surface area contributed by atoms with Gasteiger partial charge in [-0.3, -0.25) is 0 Å². The van der Waals surface area contributed by atoms with Crippen LogP contribution in [-0.2, 0) is 9.53 Å². The summed E-state index contributed by atoms with van der Waals surface area (Å²) in [5.74, 6) is -0.780. The second-order valence-electron chi connectivity index (χ2n) is 3.24. The molecular weight excluding hydrogens is 200 g/mol. The van der Waals surface area contributed by atoms with Gasteiger partial charge in [0, 0.05) is 17.6 Å². The molecule has 0 unspecified atom stereocenters. The van der Waals surface area contributed by atoms with Gasteiger partial charge in [-0.15, -0.1) is 0 Å². The molecule has 0 aromatic carbocycles. The third-order valence-corrected chi connectivity index (χ3v) is 1.96. The van der Waals surface area contributed by atoms with E-state index in [0.717, 1.165) is 0 Å². The number of allylic oxidation sites excluding steroid dienone is 4. The van der Waals surface area contributed by atoms with E-state index in [9.17, 15) is 4.79 Å². The van der Waals surface area contributed by atoms with Crippen LogP contribution in [0.3, 0.4) is 0 Å². The molecule has 0 radical (unpaired) electrons. The lowest BCUT2D eigenvalue weighted by Crippen LogP contribution is -2.33. The zero-order valence-electron chi connectivity index (χ0n) is 8.23. The molecule has 15 heavy (non-hydrogen) atoms. The van der Waals surface area contributed by atoms with Gasteiger partial charge >= 0.3 is 5.97 Å². The predicted octanol–water partition coefficient (Wildman–Crippen LogP) is -0.374. The Morgan fingerprint density at radius 1 is 1.53 bits per heavy atom. The minimum absolute atomic E-state index is 0.320. The lowest BCUT2D eigenvalue weighted by Gasteiger charge is -2.18. The maximum absolute atomic E-state index is 10.5. The Balaban J connectivity index is 2.77. The van der Waals surface area contributed by atoms with Crippen LogP contribution in [-0.4, -0.2) is 33.8 Å². The van der Waals surface area contributed by atoms with Gasteiger partial charge in [0.1, 0.15) is 11.7 Å². The normalized spacial score (nSPS) is 16.7. The Hall–Kier alpha value is -1.39. The maximum Gasteiger partial charge on any atom is 0.311 e. The molecule has 0 saturated heterocycles. The second kappa shape index (κ2) is 4.42. The summed E-state index contributed by atoms with van der Waals surface area (Å²) in [5, 5.41) is 25.8. The first-order valence-corrected chi connectivity index (χ1v) is 4.36. The summed E-state index contributed by atoms with van der Waals surface area (Å²) in [5.41, 5.74) is 1.03. The van der Waals surface area contributed by atoms with Crippen molar-refractivity contribution in [3.8, 4) is 0 Å². The molecule has 0 amide bonds. The number of aliphatic hydroxyl groups is 3. The van der Waals surface area contributed by atoms with E-state index < -0.39 is 12.6 Å². The lowest BCUT2D eigenvalue weighted by molar-refractivity contribution is -0.327. The van der Waals surface area contributed by atoms with E-state index in [1.807, 2.05) is 0 Å². The third-order valence-electron chi connectivity index (χ3n) is 1.96. The molecule has 0 aromatic rings. The molecule has 82 valence electrons. The van der Waals surface area contributed by atoms with Crippen molar-refractivity contribution in [2.45, 2.75) is 19.3 Å². The summed E-state index contributed by atoms with van der Waals surface area (Å²) in [4.78, 5) is 10.5. The van der Waals surface area contributed by atoms with Crippen molar-refractivity contribution in [1.29, 1.82) is 0 Å². The molecule has 0 atom stereocenters. The van der Waals surface area contributed by atoms with Gasteiger partial charge in [0.15, 0.2) is 6.61 Å². The van der Waals surface area contributed by atoms with Gasteiger partial charge in [-0.2, -0.15) is 0 Å². The number of hydrogen-bond acceptors (Lipinski definition) is 5. The van der Waals surface area contributed by atoms with Crippen LogP contribution in [0.2, 0.25) is 0 Å². The summed E-state index contributed by atoms with van der Waals surface area (Å²) in [6, 6.07) is 0. The van der Waals surface area contributed by atoms with Gasteiger partial charge in [-0.05, 0) is 13.0 Å². The molecule has 0 saturated carbocycles. The smallest absolute Gasteiger partial charge is 0.311 e. The van der Waals surface area contributed by atoms with Crippen LogP contribution in [0, 0.1) is 0 Å². The van der Waals surface area contributed by atoms with E-state index >= 15 is 0 Å². The van der Waals surface area contributed by atoms with Crippen LogP contribution < -0.4 is 0 Å². The number of hydrogen-bond donors (Lipinski definition) is 3. The molecule has 0 aromatic heterocycles. The molecule has 1 rings (SSSR count). The summed E-state index contributed by atoms with van der Waals surface area (Å²) < 4.78 is 4.93. The van der Waals surface area contributed by atoms with Crippen molar-refractivity contribution < 1.29 is 24.9 Å². The fourth-order valence-corrected chi connectivity index (χ4v) is 1.16. The van der Waals surface area contributed by atoms with Crippen LogP contribution in [0.25, 0.3) is 0 Å². The molecule has 0 bridgehead atoms. The molecule has 1 aliphatic carbocycles. The molecule has 0 spiro atoms. The average molecular weight is 212 g/mol. The van der Waals surface area contributed by atoms with Gasteiger partial charge in [-0.1, -0.05) is 6.08 Å². The highest BCUT2D eigenvalue weighted by Gasteiger charge is 2.21. The number of carbonyl (C=O) groups excluding carboxylic acids is 1. The van der Waals surface area contributed by atoms with Crippen molar-refractivity contribution in [3.05, 3.63) is 29.1 Å². The SMILES string of the molecule is CC1=C(OCC(O)(O)O)C=CCC1=C=O. The Morgan fingerprint density at radius 2 is 2.20 bits per heavy atom. The molecule has 5 heteroatoms.